The van der Waals surface area contributed by atoms with E-state index in [0.29, 0.717) is 5.01 Å². The highest BCUT2D eigenvalue weighted by Crippen LogP contribution is 2.38. The van der Waals surface area contributed by atoms with Crippen molar-refractivity contribution in [3.05, 3.63) is 58.6 Å². The van der Waals surface area contributed by atoms with Crippen LogP contribution in [0.2, 0.25) is 5.02 Å². The van der Waals surface area contributed by atoms with Crippen molar-refractivity contribution in [3.63, 3.8) is 0 Å². The van der Waals surface area contributed by atoms with Gasteiger partial charge in [-0.15, -0.1) is 6.42 Å². The predicted molar refractivity (Wildman–Crippen MR) is 112 cm³/mol. The molecule has 160 valence electrons. The first-order valence-electron chi connectivity index (χ1n) is 9.06. The van der Waals surface area contributed by atoms with E-state index in [4.69, 9.17) is 27.5 Å². The van der Waals surface area contributed by atoms with Crippen molar-refractivity contribution in [3.8, 4) is 23.8 Å². The number of terminal acetylenes is 1. The highest BCUT2D eigenvalue weighted by molar-refractivity contribution is 6.35. The number of hydrazone groups is 1. The zero-order valence-electron chi connectivity index (χ0n) is 16.2. The van der Waals surface area contributed by atoms with E-state index in [1.165, 1.54) is 24.3 Å². The molecule has 0 fully saturated rings. The summed E-state index contributed by atoms with van der Waals surface area (Å²) >= 11 is 6.23. The minimum Gasteiger partial charge on any atom is -0.490 e. The second-order valence-electron chi connectivity index (χ2n) is 6.21. The van der Waals surface area contributed by atoms with Gasteiger partial charge in [-0.3, -0.25) is 4.79 Å². The van der Waals surface area contributed by atoms with Crippen LogP contribution in [0.25, 0.3) is 6.08 Å². The van der Waals surface area contributed by atoms with Crippen molar-refractivity contribution in [2.75, 3.05) is 18.2 Å². The zero-order chi connectivity index (χ0) is 22.6. The summed E-state index contributed by atoms with van der Waals surface area (Å²) in [6.07, 6.45) is 1.42. The van der Waals surface area contributed by atoms with Crippen LogP contribution < -0.4 is 14.5 Å². The maximum Gasteiger partial charge on any atom is 0.435 e. The van der Waals surface area contributed by atoms with Gasteiger partial charge in [-0.25, -0.2) is 0 Å². The lowest BCUT2D eigenvalue weighted by Gasteiger charge is -2.14. The van der Waals surface area contributed by atoms with Crippen LogP contribution in [-0.4, -0.2) is 31.0 Å². The Hall–Kier alpha value is -3.44. The number of amides is 1. The highest BCUT2D eigenvalue weighted by atomic mass is 35.5. The molecule has 2 aromatic rings. The van der Waals surface area contributed by atoms with Gasteiger partial charge in [0.25, 0.3) is 5.91 Å². The summed E-state index contributed by atoms with van der Waals surface area (Å²) in [5, 5.41) is 4.31. The molecule has 3 rings (SSSR count). The van der Waals surface area contributed by atoms with Gasteiger partial charge in [0.05, 0.1) is 22.9 Å². The molecule has 1 aliphatic heterocycles. The number of benzene rings is 2. The van der Waals surface area contributed by atoms with Crippen LogP contribution in [0.4, 0.5) is 18.9 Å². The molecule has 9 heteroatoms. The summed E-state index contributed by atoms with van der Waals surface area (Å²) in [6, 6.07) is 10.6. The van der Waals surface area contributed by atoms with Crippen LogP contribution in [-0.2, 0) is 4.79 Å². The number of hydrogen-bond donors (Lipinski definition) is 0. The van der Waals surface area contributed by atoms with E-state index < -0.39 is 23.4 Å². The summed E-state index contributed by atoms with van der Waals surface area (Å²) in [5.41, 5.74) is -1.50. The first-order chi connectivity index (χ1) is 14.8. The average Bonchev–Trinajstić information content (AvgIpc) is 3.05. The number of ether oxygens (including phenoxy) is 2. The predicted octanol–water partition coefficient (Wildman–Crippen LogP) is 5.10. The maximum atomic E-state index is 13.6. The van der Waals surface area contributed by atoms with Gasteiger partial charge in [0.2, 0.25) is 0 Å². The number of carbonyl (C=O) groups excluding carboxylic acids is 1. The van der Waals surface area contributed by atoms with Crippen molar-refractivity contribution in [2.24, 2.45) is 5.10 Å². The summed E-state index contributed by atoms with van der Waals surface area (Å²) in [4.78, 5) is 12.8. The Morgan fingerprint density at radius 3 is 2.55 bits per heavy atom. The van der Waals surface area contributed by atoms with Crippen molar-refractivity contribution >= 4 is 35.0 Å². The molecule has 5 nitrogen and oxygen atoms in total. The van der Waals surface area contributed by atoms with Gasteiger partial charge in [-0.05, 0) is 42.8 Å². The number of hydrogen-bond acceptors (Lipinski definition) is 4. The normalized spacial score (nSPS) is 15.1. The summed E-state index contributed by atoms with van der Waals surface area (Å²) in [7, 11) is 0. The first-order valence-corrected chi connectivity index (χ1v) is 9.44. The molecular weight excluding hydrogens is 433 g/mol. The van der Waals surface area contributed by atoms with Gasteiger partial charge in [0, 0.05) is 0 Å². The van der Waals surface area contributed by atoms with Gasteiger partial charge < -0.3 is 9.47 Å². The smallest absolute Gasteiger partial charge is 0.435 e. The van der Waals surface area contributed by atoms with E-state index in [0.717, 1.165) is 6.08 Å². The number of anilines is 1. The number of rotatable bonds is 6. The molecule has 1 amide bonds. The Bertz CT molecular complexity index is 1090. The molecule has 0 spiro atoms. The molecule has 0 saturated carbocycles. The van der Waals surface area contributed by atoms with Crippen LogP contribution in [0.5, 0.6) is 11.5 Å². The van der Waals surface area contributed by atoms with Crippen LogP contribution in [0.3, 0.4) is 0 Å². The second kappa shape index (κ2) is 9.14. The number of para-hydroxylation sites is 1. The number of alkyl halides is 3. The molecular formula is C22H16ClF3N2O3. The third kappa shape index (κ3) is 4.84. The quantitative estimate of drug-likeness (QED) is 0.456. The van der Waals surface area contributed by atoms with Gasteiger partial charge >= 0.3 is 6.18 Å². The Morgan fingerprint density at radius 1 is 1.23 bits per heavy atom. The van der Waals surface area contributed by atoms with Gasteiger partial charge in [-0.2, -0.15) is 23.3 Å². The fourth-order valence-corrected chi connectivity index (χ4v) is 3.13. The monoisotopic (exact) mass is 448 g/mol. The van der Waals surface area contributed by atoms with Crippen molar-refractivity contribution in [1.82, 2.24) is 0 Å². The van der Waals surface area contributed by atoms with Crippen molar-refractivity contribution in [2.45, 2.75) is 13.1 Å². The van der Waals surface area contributed by atoms with Crippen LogP contribution >= 0.6 is 11.6 Å². The molecule has 0 unspecified atom stereocenters. The fraction of sp³-hybridized carbons (Fsp3) is 0.182. The van der Waals surface area contributed by atoms with Crippen molar-refractivity contribution in [1.29, 1.82) is 0 Å². The van der Waals surface area contributed by atoms with Crippen LogP contribution in [0.1, 0.15) is 12.5 Å². The Balaban J connectivity index is 2.08. The third-order valence-electron chi connectivity index (χ3n) is 4.09. The van der Waals surface area contributed by atoms with E-state index in [-0.39, 0.29) is 41.0 Å². The second-order valence-corrected chi connectivity index (χ2v) is 6.62. The largest absolute Gasteiger partial charge is 0.490 e. The van der Waals surface area contributed by atoms with Crippen molar-refractivity contribution < 1.29 is 27.4 Å². The molecule has 1 heterocycles. The Kier molecular flexibility index (Phi) is 6.56. The summed E-state index contributed by atoms with van der Waals surface area (Å²) in [6.45, 7) is 1.89. The molecule has 31 heavy (non-hydrogen) atoms. The molecule has 0 radical (unpaired) electrons. The molecule has 0 aliphatic carbocycles. The Morgan fingerprint density at radius 2 is 1.94 bits per heavy atom. The molecule has 0 bridgehead atoms. The van der Waals surface area contributed by atoms with Crippen LogP contribution in [0, 0.1) is 12.3 Å². The maximum absolute atomic E-state index is 13.6. The average molecular weight is 449 g/mol. The number of halogens is 4. The summed E-state index contributed by atoms with van der Waals surface area (Å²) in [5.74, 6) is 1.73. The van der Waals surface area contributed by atoms with Crippen LogP contribution in [0.15, 0.2) is 53.1 Å². The standard InChI is InChI=1S/C22H16ClF3N2O3/c1-3-10-31-19-17(23)12-14(13-18(19)30-4-2)11-16-20(22(24,25)26)27-28(21(16)29)15-8-6-5-7-9-15/h1,5-9,11-13H,4,10H2,2H3/b16-11-. The lowest BCUT2D eigenvalue weighted by atomic mass is 10.1. The molecule has 0 N–H and O–H groups in total. The topological polar surface area (TPSA) is 51.1 Å². The third-order valence-corrected chi connectivity index (χ3v) is 4.37. The molecule has 1 aliphatic rings. The number of nitrogens with zero attached hydrogens (tertiary/aromatic N) is 2. The minimum absolute atomic E-state index is 0.0731. The first kappa shape index (κ1) is 22.2. The Labute approximate surface area is 181 Å². The molecule has 0 aromatic heterocycles. The zero-order valence-corrected chi connectivity index (χ0v) is 17.0. The molecule has 0 saturated heterocycles. The lowest BCUT2D eigenvalue weighted by Crippen LogP contribution is -2.25. The molecule has 2 aromatic carbocycles. The molecule has 0 atom stereocenters. The van der Waals surface area contributed by atoms with Gasteiger partial charge in [0.15, 0.2) is 17.2 Å². The summed E-state index contributed by atoms with van der Waals surface area (Å²) < 4.78 is 51.7. The van der Waals surface area contributed by atoms with E-state index in [1.807, 2.05) is 0 Å². The number of carbonyl (C=O) groups is 1. The highest BCUT2D eigenvalue weighted by Gasteiger charge is 2.46. The van der Waals surface area contributed by atoms with E-state index >= 15 is 0 Å². The van der Waals surface area contributed by atoms with Gasteiger partial charge in [-0.1, -0.05) is 35.7 Å². The fourth-order valence-electron chi connectivity index (χ4n) is 2.85. The van der Waals surface area contributed by atoms with E-state index in [1.54, 1.807) is 25.1 Å². The minimum atomic E-state index is -4.84. The van der Waals surface area contributed by atoms with Gasteiger partial charge in [0.1, 0.15) is 6.61 Å². The lowest BCUT2D eigenvalue weighted by molar-refractivity contribution is -0.114. The van der Waals surface area contributed by atoms with E-state index in [9.17, 15) is 18.0 Å². The van der Waals surface area contributed by atoms with E-state index in [2.05, 4.69) is 11.0 Å². The SMILES string of the molecule is C#CCOc1c(Cl)cc(/C=C2\C(=O)N(c3ccccc3)N=C2C(F)(F)F)cc1OCC.